The molecule has 0 spiro atoms. The number of methoxy groups -OCH3 is 1. The molecule has 100 valence electrons. The molecule has 1 rings (SSSR count). The van der Waals surface area contributed by atoms with Crippen LogP contribution in [0.1, 0.15) is 10.4 Å². The summed E-state index contributed by atoms with van der Waals surface area (Å²) in [5.41, 5.74) is 0.260. The lowest BCUT2D eigenvalue weighted by Crippen LogP contribution is -2.33. The molecule has 0 saturated heterocycles. The Morgan fingerprint density at radius 3 is 2.50 bits per heavy atom. The summed E-state index contributed by atoms with van der Waals surface area (Å²) in [4.78, 5) is 15.7. The molecular formula is C13H20N2O3. The van der Waals surface area contributed by atoms with Gasteiger partial charge in [0.2, 0.25) is 0 Å². The van der Waals surface area contributed by atoms with Gasteiger partial charge in [0.05, 0.1) is 12.7 Å². The van der Waals surface area contributed by atoms with E-state index in [1.54, 1.807) is 24.1 Å². The number of likely N-dealkylation sites (N-methyl/N-ethyl adjacent to an activating group) is 2. The second kappa shape index (κ2) is 6.26. The molecule has 1 amide bonds. The number of benzene rings is 1. The molecule has 0 unspecified atom stereocenters. The Bertz CT molecular complexity index is 419. The van der Waals surface area contributed by atoms with Crippen molar-refractivity contribution in [3.05, 3.63) is 23.8 Å². The number of aromatic hydroxyl groups is 1. The van der Waals surface area contributed by atoms with Crippen molar-refractivity contribution in [1.82, 2.24) is 9.80 Å². The minimum absolute atomic E-state index is 0.0301. The quantitative estimate of drug-likeness (QED) is 0.850. The Labute approximate surface area is 108 Å². The van der Waals surface area contributed by atoms with E-state index < -0.39 is 0 Å². The van der Waals surface area contributed by atoms with Crippen LogP contribution in [0.25, 0.3) is 0 Å². The lowest BCUT2D eigenvalue weighted by atomic mass is 10.1. The fourth-order valence-corrected chi connectivity index (χ4v) is 1.47. The molecule has 1 aromatic rings. The Morgan fingerprint density at radius 2 is 1.94 bits per heavy atom. The second-order valence-corrected chi connectivity index (χ2v) is 4.41. The highest BCUT2D eigenvalue weighted by Gasteiger charge is 2.16. The standard InChI is InChI=1S/C13H20N2O3/c1-14(2)7-8-15(3)13(17)11-9-10(18-4)5-6-12(11)16/h5-6,9,16H,7-8H2,1-4H3. The maximum absolute atomic E-state index is 12.1. The third-order valence-corrected chi connectivity index (χ3v) is 2.66. The zero-order chi connectivity index (χ0) is 13.7. The highest BCUT2D eigenvalue weighted by Crippen LogP contribution is 2.23. The largest absolute Gasteiger partial charge is 0.507 e. The molecule has 0 aliphatic rings. The predicted molar refractivity (Wildman–Crippen MR) is 70.2 cm³/mol. The smallest absolute Gasteiger partial charge is 0.257 e. The number of carbonyl (C=O) groups is 1. The van der Waals surface area contributed by atoms with Crippen molar-refractivity contribution >= 4 is 5.91 Å². The van der Waals surface area contributed by atoms with Gasteiger partial charge in [-0.3, -0.25) is 4.79 Å². The summed E-state index contributed by atoms with van der Waals surface area (Å²) < 4.78 is 5.05. The van der Waals surface area contributed by atoms with Crippen molar-refractivity contribution in [3.8, 4) is 11.5 Å². The molecule has 0 aliphatic carbocycles. The number of phenols is 1. The van der Waals surface area contributed by atoms with Crippen molar-refractivity contribution in [2.24, 2.45) is 0 Å². The number of rotatable bonds is 5. The van der Waals surface area contributed by atoms with E-state index in [0.717, 1.165) is 6.54 Å². The predicted octanol–water partition coefficient (Wildman–Crippen LogP) is 1.03. The highest BCUT2D eigenvalue weighted by atomic mass is 16.5. The van der Waals surface area contributed by atoms with Gasteiger partial charge in [0, 0.05) is 20.1 Å². The van der Waals surface area contributed by atoms with Gasteiger partial charge in [0.1, 0.15) is 11.5 Å². The van der Waals surface area contributed by atoms with Crippen LogP contribution in [0.5, 0.6) is 11.5 Å². The van der Waals surface area contributed by atoms with Gasteiger partial charge in [0.25, 0.3) is 5.91 Å². The summed E-state index contributed by atoms with van der Waals surface area (Å²) in [5, 5.41) is 9.71. The molecule has 1 N–H and O–H groups in total. The number of hydrogen-bond donors (Lipinski definition) is 1. The van der Waals surface area contributed by atoms with E-state index in [1.165, 1.54) is 13.2 Å². The van der Waals surface area contributed by atoms with Crippen molar-refractivity contribution < 1.29 is 14.6 Å². The topological polar surface area (TPSA) is 53.0 Å². The monoisotopic (exact) mass is 252 g/mol. The molecule has 0 aromatic heterocycles. The zero-order valence-corrected chi connectivity index (χ0v) is 11.3. The van der Waals surface area contributed by atoms with Crippen LogP contribution >= 0.6 is 0 Å². The van der Waals surface area contributed by atoms with E-state index in [2.05, 4.69) is 0 Å². The molecule has 0 heterocycles. The number of ether oxygens (including phenoxy) is 1. The summed E-state index contributed by atoms with van der Waals surface area (Å²) >= 11 is 0. The van der Waals surface area contributed by atoms with Gasteiger partial charge < -0.3 is 19.6 Å². The molecular weight excluding hydrogens is 232 g/mol. The van der Waals surface area contributed by atoms with Crippen molar-refractivity contribution in [1.29, 1.82) is 0 Å². The Balaban J connectivity index is 2.82. The average molecular weight is 252 g/mol. The second-order valence-electron chi connectivity index (χ2n) is 4.41. The van der Waals surface area contributed by atoms with Crippen molar-refractivity contribution in [3.63, 3.8) is 0 Å². The van der Waals surface area contributed by atoms with E-state index >= 15 is 0 Å². The first-order valence-corrected chi connectivity index (χ1v) is 5.73. The highest BCUT2D eigenvalue weighted by molar-refractivity contribution is 5.97. The summed E-state index contributed by atoms with van der Waals surface area (Å²) in [6.07, 6.45) is 0. The molecule has 0 fully saturated rings. The van der Waals surface area contributed by atoms with E-state index in [4.69, 9.17) is 4.74 Å². The van der Waals surface area contributed by atoms with Gasteiger partial charge in [-0.25, -0.2) is 0 Å². The van der Waals surface area contributed by atoms with Crippen molar-refractivity contribution in [2.75, 3.05) is 41.3 Å². The Kier molecular flexibility index (Phi) is 4.97. The Hall–Kier alpha value is -1.75. The molecule has 0 aliphatic heterocycles. The van der Waals surface area contributed by atoms with Crippen LogP contribution in [-0.4, -0.2) is 62.2 Å². The molecule has 1 aromatic carbocycles. The average Bonchev–Trinajstić information content (AvgIpc) is 2.35. The lowest BCUT2D eigenvalue weighted by Gasteiger charge is -2.20. The van der Waals surface area contributed by atoms with Crippen LogP contribution in [0.4, 0.5) is 0 Å². The summed E-state index contributed by atoms with van der Waals surface area (Å²) in [7, 11) is 7.13. The van der Waals surface area contributed by atoms with E-state index in [0.29, 0.717) is 12.3 Å². The van der Waals surface area contributed by atoms with Gasteiger partial charge >= 0.3 is 0 Å². The molecule has 18 heavy (non-hydrogen) atoms. The molecule has 5 nitrogen and oxygen atoms in total. The SMILES string of the molecule is COc1ccc(O)c(C(=O)N(C)CCN(C)C)c1. The fourth-order valence-electron chi connectivity index (χ4n) is 1.47. The van der Waals surface area contributed by atoms with E-state index in [9.17, 15) is 9.90 Å². The van der Waals surface area contributed by atoms with Crippen LogP contribution in [0.2, 0.25) is 0 Å². The number of amides is 1. The van der Waals surface area contributed by atoms with Crippen molar-refractivity contribution in [2.45, 2.75) is 0 Å². The molecule has 0 atom stereocenters. The van der Waals surface area contributed by atoms with E-state index in [-0.39, 0.29) is 17.2 Å². The van der Waals surface area contributed by atoms with Crippen LogP contribution < -0.4 is 4.74 Å². The molecule has 0 bridgehead atoms. The van der Waals surface area contributed by atoms with Crippen LogP contribution in [-0.2, 0) is 0 Å². The third kappa shape index (κ3) is 3.63. The van der Waals surface area contributed by atoms with Gasteiger partial charge in [-0.1, -0.05) is 0 Å². The minimum Gasteiger partial charge on any atom is -0.507 e. The van der Waals surface area contributed by atoms with Gasteiger partial charge in [0.15, 0.2) is 0 Å². The lowest BCUT2D eigenvalue weighted by molar-refractivity contribution is 0.0783. The summed E-state index contributed by atoms with van der Waals surface area (Å²) in [6, 6.07) is 4.63. The van der Waals surface area contributed by atoms with E-state index in [1.807, 2.05) is 19.0 Å². The number of hydrogen-bond acceptors (Lipinski definition) is 4. The minimum atomic E-state index is -0.215. The van der Waals surface area contributed by atoms with Crippen LogP contribution in [0.3, 0.4) is 0 Å². The normalized spacial score (nSPS) is 10.5. The first-order valence-electron chi connectivity index (χ1n) is 5.73. The maximum atomic E-state index is 12.1. The van der Waals surface area contributed by atoms with Crippen LogP contribution in [0, 0.1) is 0 Å². The fraction of sp³-hybridized carbons (Fsp3) is 0.462. The summed E-state index contributed by atoms with van der Waals surface area (Å²) in [5.74, 6) is 0.308. The molecule has 0 saturated carbocycles. The zero-order valence-electron chi connectivity index (χ0n) is 11.3. The third-order valence-electron chi connectivity index (χ3n) is 2.66. The maximum Gasteiger partial charge on any atom is 0.257 e. The first-order chi connectivity index (χ1) is 8.45. The summed E-state index contributed by atoms with van der Waals surface area (Å²) in [6.45, 7) is 1.37. The molecule has 5 heteroatoms. The van der Waals surface area contributed by atoms with Crippen LogP contribution in [0.15, 0.2) is 18.2 Å². The Morgan fingerprint density at radius 1 is 1.28 bits per heavy atom. The van der Waals surface area contributed by atoms with Gasteiger partial charge in [-0.05, 0) is 32.3 Å². The number of nitrogens with zero attached hydrogens (tertiary/aromatic N) is 2. The van der Waals surface area contributed by atoms with Gasteiger partial charge in [-0.15, -0.1) is 0 Å². The number of phenolic OH excluding ortho intramolecular Hbond substituents is 1. The first kappa shape index (κ1) is 14.3. The molecule has 0 radical (unpaired) electrons. The van der Waals surface area contributed by atoms with Gasteiger partial charge in [-0.2, -0.15) is 0 Å². The number of carbonyl (C=O) groups excluding carboxylic acids is 1.